The summed E-state index contributed by atoms with van der Waals surface area (Å²) in [5, 5.41) is 0.758. The molecule has 1 aliphatic carbocycles. The number of allylic oxidation sites excluding steroid dienone is 2. The lowest BCUT2D eigenvalue weighted by molar-refractivity contribution is -0.115. The Bertz CT molecular complexity index is 451. The minimum atomic E-state index is 0.245. The van der Waals surface area contributed by atoms with E-state index in [9.17, 15) is 4.79 Å². The summed E-state index contributed by atoms with van der Waals surface area (Å²) in [6.07, 6.45) is 5.24. The van der Waals surface area contributed by atoms with Gasteiger partial charge in [0.2, 0.25) is 0 Å². The average Bonchev–Trinajstić information content (AvgIpc) is 2.22. The molecule has 0 unspecified atom stereocenters. The zero-order chi connectivity index (χ0) is 11.5. The Morgan fingerprint density at radius 2 is 2.12 bits per heavy atom. The van der Waals surface area contributed by atoms with E-state index >= 15 is 0 Å². The highest BCUT2D eigenvalue weighted by atomic mass is 79.9. The molecule has 0 N–H and O–H groups in total. The van der Waals surface area contributed by atoms with Crippen LogP contribution in [0.3, 0.4) is 0 Å². The second kappa shape index (κ2) is 5.15. The number of hydrogen-bond donors (Lipinski definition) is 0. The summed E-state index contributed by atoms with van der Waals surface area (Å²) in [6, 6.07) is 5.88. The van der Waals surface area contributed by atoms with E-state index < -0.39 is 0 Å². The van der Waals surface area contributed by atoms with Gasteiger partial charge in [0.1, 0.15) is 0 Å². The van der Waals surface area contributed by atoms with E-state index in [0.29, 0.717) is 6.42 Å². The van der Waals surface area contributed by atoms with Crippen LogP contribution in [0.25, 0.3) is 0 Å². The van der Waals surface area contributed by atoms with Crippen LogP contribution in [0.1, 0.15) is 24.8 Å². The van der Waals surface area contributed by atoms with E-state index in [4.69, 9.17) is 11.6 Å². The van der Waals surface area contributed by atoms with Gasteiger partial charge in [-0.2, -0.15) is 0 Å². The van der Waals surface area contributed by atoms with Crippen LogP contribution in [0, 0.1) is 0 Å². The van der Waals surface area contributed by atoms with Gasteiger partial charge >= 0.3 is 0 Å². The van der Waals surface area contributed by atoms with Crippen LogP contribution in [0.15, 0.2) is 34.3 Å². The number of halogens is 2. The Balaban J connectivity index is 2.17. The summed E-state index contributed by atoms with van der Waals surface area (Å²) in [5.74, 6) is 0.245. The van der Waals surface area contributed by atoms with Gasteiger partial charge in [0.25, 0.3) is 0 Å². The van der Waals surface area contributed by atoms with Crippen LogP contribution in [0.2, 0.25) is 5.02 Å². The van der Waals surface area contributed by atoms with Crippen molar-refractivity contribution in [3.05, 3.63) is 44.9 Å². The zero-order valence-electron chi connectivity index (χ0n) is 8.80. The fourth-order valence-electron chi connectivity index (χ4n) is 1.91. The predicted octanol–water partition coefficient (Wildman–Crippen LogP) is 4.32. The molecule has 1 aromatic rings. The van der Waals surface area contributed by atoms with Crippen molar-refractivity contribution in [1.82, 2.24) is 0 Å². The fourth-order valence-corrected chi connectivity index (χ4v) is 2.65. The van der Waals surface area contributed by atoms with Crippen LogP contribution in [0.4, 0.5) is 0 Å². The topological polar surface area (TPSA) is 17.1 Å². The van der Waals surface area contributed by atoms with Crippen molar-refractivity contribution in [3.63, 3.8) is 0 Å². The van der Waals surface area contributed by atoms with E-state index in [1.807, 2.05) is 18.2 Å². The van der Waals surface area contributed by atoms with E-state index in [2.05, 4.69) is 15.9 Å². The normalized spacial score (nSPS) is 16.1. The smallest absolute Gasteiger partial charge is 0.155 e. The van der Waals surface area contributed by atoms with Crippen molar-refractivity contribution >= 4 is 33.3 Å². The molecule has 1 aliphatic rings. The number of hydrogen-bond acceptors (Lipinski definition) is 1. The summed E-state index contributed by atoms with van der Waals surface area (Å²) in [6.45, 7) is 0. The number of carbonyl (C=O) groups is 1. The van der Waals surface area contributed by atoms with Gasteiger partial charge < -0.3 is 0 Å². The molecule has 0 aliphatic heterocycles. The Morgan fingerprint density at radius 1 is 1.31 bits per heavy atom. The van der Waals surface area contributed by atoms with E-state index in [1.54, 1.807) is 6.08 Å². The second-order valence-electron chi connectivity index (χ2n) is 4.03. The highest BCUT2D eigenvalue weighted by molar-refractivity contribution is 9.10. The summed E-state index contributed by atoms with van der Waals surface area (Å²) in [4.78, 5) is 11.3. The first-order chi connectivity index (χ1) is 7.65. The molecule has 16 heavy (non-hydrogen) atoms. The van der Waals surface area contributed by atoms with E-state index in [0.717, 1.165) is 34.3 Å². The lowest BCUT2D eigenvalue weighted by Gasteiger charge is -2.12. The van der Waals surface area contributed by atoms with E-state index in [-0.39, 0.29) is 5.78 Å². The van der Waals surface area contributed by atoms with Gasteiger partial charge in [0.15, 0.2) is 5.78 Å². The largest absolute Gasteiger partial charge is 0.295 e. The molecule has 2 rings (SSSR count). The van der Waals surface area contributed by atoms with Crippen molar-refractivity contribution < 1.29 is 4.79 Å². The summed E-state index contributed by atoms with van der Waals surface area (Å²) < 4.78 is 0.981. The maximum atomic E-state index is 11.3. The Morgan fingerprint density at radius 3 is 2.81 bits per heavy atom. The molecule has 0 bridgehead atoms. The van der Waals surface area contributed by atoms with Crippen molar-refractivity contribution in [2.24, 2.45) is 0 Å². The van der Waals surface area contributed by atoms with Gasteiger partial charge in [-0.15, -0.1) is 0 Å². The Labute approximate surface area is 109 Å². The molecule has 0 fully saturated rings. The third-order valence-electron chi connectivity index (χ3n) is 2.72. The lowest BCUT2D eigenvalue weighted by Crippen LogP contribution is -2.04. The SMILES string of the molecule is O=C1C=C(Cc2ccc(Br)cc2Cl)CCC1. The number of carbonyl (C=O) groups excluding carboxylic acids is 1. The van der Waals surface area contributed by atoms with Crippen LogP contribution in [-0.4, -0.2) is 5.78 Å². The summed E-state index contributed by atoms with van der Waals surface area (Å²) >= 11 is 9.52. The van der Waals surface area contributed by atoms with Crippen molar-refractivity contribution in [2.75, 3.05) is 0 Å². The molecule has 0 radical (unpaired) electrons. The van der Waals surface area contributed by atoms with E-state index in [1.165, 1.54) is 5.57 Å². The molecule has 0 heterocycles. The molecule has 1 nitrogen and oxygen atoms in total. The first-order valence-corrected chi connectivity index (χ1v) is 6.48. The highest BCUT2D eigenvalue weighted by Crippen LogP contribution is 2.26. The molecule has 0 spiro atoms. The van der Waals surface area contributed by atoms with Crippen LogP contribution < -0.4 is 0 Å². The molecular weight excluding hydrogens is 287 g/mol. The lowest BCUT2D eigenvalue weighted by atomic mass is 9.93. The summed E-state index contributed by atoms with van der Waals surface area (Å²) in [5.41, 5.74) is 2.28. The van der Waals surface area contributed by atoms with Crippen molar-refractivity contribution in [3.8, 4) is 0 Å². The third-order valence-corrected chi connectivity index (χ3v) is 3.56. The van der Waals surface area contributed by atoms with Gasteiger partial charge in [-0.25, -0.2) is 0 Å². The first kappa shape index (κ1) is 11.9. The molecule has 0 aromatic heterocycles. The quantitative estimate of drug-likeness (QED) is 0.794. The third kappa shape index (κ3) is 2.96. The molecule has 3 heteroatoms. The van der Waals surface area contributed by atoms with Gasteiger partial charge in [-0.3, -0.25) is 4.79 Å². The van der Waals surface area contributed by atoms with Crippen LogP contribution >= 0.6 is 27.5 Å². The average molecular weight is 300 g/mol. The van der Waals surface area contributed by atoms with Crippen molar-refractivity contribution in [2.45, 2.75) is 25.7 Å². The number of benzene rings is 1. The Kier molecular flexibility index (Phi) is 3.82. The maximum Gasteiger partial charge on any atom is 0.155 e. The minimum Gasteiger partial charge on any atom is -0.295 e. The molecule has 84 valence electrons. The molecule has 0 saturated heterocycles. The maximum absolute atomic E-state index is 11.3. The van der Waals surface area contributed by atoms with Crippen molar-refractivity contribution in [1.29, 1.82) is 0 Å². The predicted molar refractivity (Wildman–Crippen MR) is 69.8 cm³/mol. The minimum absolute atomic E-state index is 0.245. The summed E-state index contributed by atoms with van der Waals surface area (Å²) in [7, 11) is 0. The number of ketones is 1. The standard InChI is InChI=1S/C13H12BrClO/c14-11-5-4-10(13(15)8-11)6-9-2-1-3-12(16)7-9/h4-5,7-8H,1-3,6H2. The van der Waals surface area contributed by atoms with Crippen LogP contribution in [-0.2, 0) is 11.2 Å². The van der Waals surface area contributed by atoms with Gasteiger partial charge in [-0.05, 0) is 43.0 Å². The first-order valence-electron chi connectivity index (χ1n) is 5.31. The van der Waals surface area contributed by atoms with Crippen LogP contribution in [0.5, 0.6) is 0 Å². The molecule has 1 aromatic carbocycles. The van der Waals surface area contributed by atoms with Gasteiger partial charge in [0, 0.05) is 15.9 Å². The zero-order valence-corrected chi connectivity index (χ0v) is 11.1. The fraction of sp³-hybridized carbons (Fsp3) is 0.308. The van der Waals surface area contributed by atoms with Gasteiger partial charge in [0.05, 0.1) is 0 Å². The molecule has 0 atom stereocenters. The molecular formula is C13H12BrClO. The Hall–Kier alpha value is -0.600. The molecule has 0 saturated carbocycles. The number of rotatable bonds is 2. The highest BCUT2D eigenvalue weighted by Gasteiger charge is 2.11. The van der Waals surface area contributed by atoms with Gasteiger partial charge in [-0.1, -0.05) is 39.2 Å². The monoisotopic (exact) mass is 298 g/mol. The second-order valence-corrected chi connectivity index (χ2v) is 5.36. The molecule has 0 amide bonds.